The van der Waals surface area contributed by atoms with Crippen molar-refractivity contribution in [1.29, 1.82) is 0 Å². The Balaban J connectivity index is 3.15. The Hall–Kier alpha value is -0.790. The second kappa shape index (κ2) is 5.35. The Bertz CT molecular complexity index is 105. The van der Waals surface area contributed by atoms with Crippen LogP contribution in [0.3, 0.4) is 0 Å². The minimum Gasteiger partial charge on any atom is -0.501 e. The van der Waals surface area contributed by atoms with Gasteiger partial charge in [-0.1, -0.05) is 6.92 Å². The van der Waals surface area contributed by atoms with Crippen molar-refractivity contribution in [2.24, 2.45) is 0 Å². The summed E-state index contributed by atoms with van der Waals surface area (Å²) < 4.78 is 4.89. The number of rotatable bonds is 4. The van der Waals surface area contributed by atoms with E-state index in [0.717, 1.165) is 6.42 Å². The molecular formula is C7H12O2. The van der Waals surface area contributed by atoms with E-state index in [9.17, 15) is 4.79 Å². The number of hydrogen-bond acceptors (Lipinski definition) is 2. The van der Waals surface area contributed by atoms with Crippen LogP contribution in [-0.4, -0.2) is 12.4 Å². The van der Waals surface area contributed by atoms with Gasteiger partial charge in [0.1, 0.15) is 0 Å². The zero-order valence-electron chi connectivity index (χ0n) is 5.89. The maximum atomic E-state index is 10.2. The fourth-order valence-electron chi connectivity index (χ4n) is 0.330. The van der Waals surface area contributed by atoms with Gasteiger partial charge in [0.2, 0.25) is 0 Å². The van der Waals surface area contributed by atoms with E-state index in [1.165, 1.54) is 19.3 Å². The van der Waals surface area contributed by atoms with Gasteiger partial charge >= 0.3 is 0 Å². The quantitative estimate of drug-likeness (QED) is 0.326. The van der Waals surface area contributed by atoms with Crippen molar-refractivity contribution in [3.8, 4) is 0 Å². The second-order valence-corrected chi connectivity index (χ2v) is 1.78. The number of allylic oxidation sites excluding steroid dienone is 1. The Morgan fingerprint density at radius 2 is 2.33 bits per heavy atom. The first-order chi connectivity index (χ1) is 4.27. The third-order valence-electron chi connectivity index (χ3n) is 0.721. The molecule has 0 saturated heterocycles. The zero-order chi connectivity index (χ0) is 7.11. The summed E-state index contributed by atoms with van der Waals surface area (Å²) in [6.45, 7) is 4.19. The lowest BCUT2D eigenvalue weighted by atomic mass is 10.4. The van der Waals surface area contributed by atoms with Crippen LogP contribution in [-0.2, 0) is 9.53 Å². The number of hydrogen-bond donors (Lipinski definition) is 0. The molecule has 52 valence electrons. The van der Waals surface area contributed by atoms with Crippen molar-refractivity contribution < 1.29 is 9.53 Å². The molecule has 0 aromatic rings. The van der Waals surface area contributed by atoms with E-state index in [1.807, 2.05) is 6.92 Å². The van der Waals surface area contributed by atoms with Crippen molar-refractivity contribution in [3.05, 3.63) is 12.3 Å². The Kier molecular flexibility index (Phi) is 4.88. The van der Waals surface area contributed by atoms with E-state index in [1.54, 1.807) is 0 Å². The SMILES string of the molecule is CCCOC=CC(C)=O. The van der Waals surface area contributed by atoms with Gasteiger partial charge in [0.05, 0.1) is 12.9 Å². The molecule has 0 aromatic carbocycles. The summed E-state index contributed by atoms with van der Waals surface area (Å²) in [4.78, 5) is 10.2. The Morgan fingerprint density at radius 1 is 1.67 bits per heavy atom. The highest BCUT2D eigenvalue weighted by Crippen LogP contribution is 1.81. The lowest BCUT2D eigenvalue weighted by Gasteiger charge is -1.92. The van der Waals surface area contributed by atoms with Gasteiger partial charge in [-0.2, -0.15) is 0 Å². The van der Waals surface area contributed by atoms with E-state index >= 15 is 0 Å². The van der Waals surface area contributed by atoms with E-state index in [4.69, 9.17) is 4.74 Å². The monoisotopic (exact) mass is 128 g/mol. The van der Waals surface area contributed by atoms with E-state index < -0.39 is 0 Å². The third kappa shape index (κ3) is 7.21. The van der Waals surface area contributed by atoms with E-state index in [-0.39, 0.29) is 5.78 Å². The first kappa shape index (κ1) is 8.21. The molecule has 0 amide bonds. The fraction of sp³-hybridized carbons (Fsp3) is 0.571. The number of ether oxygens (including phenoxy) is 1. The van der Waals surface area contributed by atoms with Crippen LogP contribution in [0.4, 0.5) is 0 Å². The maximum absolute atomic E-state index is 10.2. The fourth-order valence-corrected chi connectivity index (χ4v) is 0.330. The zero-order valence-corrected chi connectivity index (χ0v) is 5.89. The van der Waals surface area contributed by atoms with Crippen molar-refractivity contribution in [2.45, 2.75) is 20.3 Å². The van der Waals surface area contributed by atoms with Crippen molar-refractivity contribution in [1.82, 2.24) is 0 Å². The summed E-state index contributed by atoms with van der Waals surface area (Å²) in [7, 11) is 0. The van der Waals surface area contributed by atoms with Crippen LogP contribution in [0.5, 0.6) is 0 Å². The number of ketones is 1. The molecular weight excluding hydrogens is 116 g/mol. The van der Waals surface area contributed by atoms with Gasteiger partial charge in [0.15, 0.2) is 5.78 Å². The first-order valence-electron chi connectivity index (χ1n) is 3.06. The number of carbonyl (C=O) groups is 1. The van der Waals surface area contributed by atoms with Crippen molar-refractivity contribution >= 4 is 5.78 Å². The summed E-state index contributed by atoms with van der Waals surface area (Å²) in [5.74, 6) is 0.0195. The Morgan fingerprint density at radius 3 is 2.78 bits per heavy atom. The van der Waals surface area contributed by atoms with Crippen molar-refractivity contribution in [3.63, 3.8) is 0 Å². The topological polar surface area (TPSA) is 26.3 Å². The van der Waals surface area contributed by atoms with Crippen LogP contribution in [0.15, 0.2) is 12.3 Å². The summed E-state index contributed by atoms with van der Waals surface area (Å²) in [6.07, 6.45) is 3.82. The van der Waals surface area contributed by atoms with Crippen molar-refractivity contribution in [2.75, 3.05) is 6.61 Å². The minimum atomic E-state index is 0.0195. The highest BCUT2D eigenvalue weighted by molar-refractivity contribution is 5.86. The molecule has 0 bridgehead atoms. The van der Waals surface area contributed by atoms with Gasteiger partial charge in [-0.05, 0) is 13.3 Å². The molecule has 0 atom stereocenters. The minimum absolute atomic E-state index is 0.0195. The van der Waals surface area contributed by atoms with Crippen LogP contribution < -0.4 is 0 Å². The van der Waals surface area contributed by atoms with E-state index in [2.05, 4.69) is 0 Å². The van der Waals surface area contributed by atoms with Gasteiger partial charge in [-0.3, -0.25) is 4.79 Å². The standard InChI is InChI=1S/C7H12O2/c1-3-5-9-6-4-7(2)8/h4,6H,3,5H2,1-2H3. The molecule has 0 heterocycles. The van der Waals surface area contributed by atoms with Crippen LogP contribution in [0.25, 0.3) is 0 Å². The smallest absolute Gasteiger partial charge is 0.155 e. The molecule has 0 spiro atoms. The highest BCUT2D eigenvalue weighted by Gasteiger charge is 1.79. The maximum Gasteiger partial charge on any atom is 0.155 e. The largest absolute Gasteiger partial charge is 0.501 e. The van der Waals surface area contributed by atoms with Crippen LogP contribution in [0.1, 0.15) is 20.3 Å². The molecule has 0 aliphatic rings. The van der Waals surface area contributed by atoms with Gasteiger partial charge in [-0.25, -0.2) is 0 Å². The molecule has 0 aliphatic heterocycles. The second-order valence-electron chi connectivity index (χ2n) is 1.78. The molecule has 0 aromatic heterocycles. The molecule has 9 heavy (non-hydrogen) atoms. The average molecular weight is 128 g/mol. The van der Waals surface area contributed by atoms with Gasteiger partial charge in [0, 0.05) is 6.08 Å². The van der Waals surface area contributed by atoms with Crippen LogP contribution in [0.2, 0.25) is 0 Å². The first-order valence-corrected chi connectivity index (χ1v) is 3.06. The molecule has 2 nitrogen and oxygen atoms in total. The molecule has 2 heteroatoms. The Labute approximate surface area is 55.5 Å². The summed E-state index contributed by atoms with van der Waals surface area (Å²) in [6, 6.07) is 0. The molecule has 0 fully saturated rings. The molecule has 0 N–H and O–H groups in total. The summed E-state index contributed by atoms with van der Waals surface area (Å²) >= 11 is 0. The molecule has 0 radical (unpaired) electrons. The number of carbonyl (C=O) groups excluding carboxylic acids is 1. The highest BCUT2D eigenvalue weighted by atomic mass is 16.5. The lowest BCUT2D eigenvalue weighted by molar-refractivity contribution is -0.112. The van der Waals surface area contributed by atoms with Gasteiger partial charge in [-0.15, -0.1) is 0 Å². The van der Waals surface area contributed by atoms with Crippen LogP contribution in [0, 0.1) is 0 Å². The van der Waals surface area contributed by atoms with Crippen LogP contribution >= 0.6 is 0 Å². The molecule has 0 unspecified atom stereocenters. The normalized spacial score (nSPS) is 10.0. The summed E-state index contributed by atoms with van der Waals surface area (Å²) in [5.41, 5.74) is 0. The average Bonchev–Trinajstić information content (AvgIpc) is 1.80. The molecule has 0 saturated carbocycles. The predicted octanol–water partition coefficient (Wildman–Crippen LogP) is 1.52. The predicted molar refractivity (Wildman–Crippen MR) is 36.1 cm³/mol. The summed E-state index contributed by atoms with van der Waals surface area (Å²) in [5, 5.41) is 0. The molecule has 0 aliphatic carbocycles. The van der Waals surface area contributed by atoms with Gasteiger partial charge in [0.25, 0.3) is 0 Å². The third-order valence-corrected chi connectivity index (χ3v) is 0.721. The molecule has 0 rings (SSSR count). The van der Waals surface area contributed by atoms with Gasteiger partial charge < -0.3 is 4.74 Å². The van der Waals surface area contributed by atoms with E-state index in [0.29, 0.717) is 6.61 Å². The lowest BCUT2D eigenvalue weighted by Crippen LogP contribution is -1.85.